The van der Waals surface area contributed by atoms with Gasteiger partial charge in [-0.1, -0.05) is 30.7 Å². The highest BCUT2D eigenvalue weighted by Crippen LogP contribution is 2.28. The van der Waals surface area contributed by atoms with E-state index in [0.717, 1.165) is 31.2 Å². The van der Waals surface area contributed by atoms with Gasteiger partial charge in [0.2, 0.25) is 5.88 Å². The van der Waals surface area contributed by atoms with E-state index in [1.165, 1.54) is 18.9 Å². The second-order valence-corrected chi connectivity index (χ2v) is 6.01. The van der Waals surface area contributed by atoms with Gasteiger partial charge in [0.05, 0.1) is 25.0 Å². The minimum atomic E-state index is -0.700. The second-order valence-electron chi connectivity index (χ2n) is 6.01. The van der Waals surface area contributed by atoms with Gasteiger partial charge in [-0.05, 0) is 36.5 Å². The number of amides is 2. The number of aromatic nitrogens is 1. The molecule has 0 radical (unpaired) electrons. The molecule has 3 rings (SSSR count). The van der Waals surface area contributed by atoms with Crippen molar-refractivity contribution in [3.63, 3.8) is 0 Å². The molecule has 1 aliphatic rings. The van der Waals surface area contributed by atoms with Crippen molar-refractivity contribution in [3.8, 4) is 5.88 Å². The molecular formula is C19H21N3O3. The third-order valence-electron chi connectivity index (χ3n) is 4.33. The predicted molar refractivity (Wildman–Crippen MR) is 94.3 cm³/mol. The zero-order valence-corrected chi connectivity index (χ0v) is 14.1. The number of benzene rings is 1. The van der Waals surface area contributed by atoms with E-state index in [0.29, 0.717) is 11.6 Å². The maximum Gasteiger partial charge on any atom is 0.313 e. The molecule has 25 heavy (non-hydrogen) atoms. The second kappa shape index (κ2) is 7.79. The first-order chi connectivity index (χ1) is 12.2. The van der Waals surface area contributed by atoms with Crippen LogP contribution in [0.2, 0.25) is 0 Å². The number of anilines is 1. The molecule has 0 spiro atoms. The number of carbonyl (C=O) groups is 2. The van der Waals surface area contributed by atoms with E-state index in [2.05, 4.69) is 21.7 Å². The van der Waals surface area contributed by atoms with Crippen molar-refractivity contribution in [3.05, 3.63) is 53.7 Å². The van der Waals surface area contributed by atoms with Crippen LogP contribution in [0.1, 0.15) is 36.4 Å². The molecule has 1 aromatic heterocycles. The average Bonchev–Trinajstić information content (AvgIpc) is 2.85. The fourth-order valence-corrected chi connectivity index (χ4v) is 3.06. The Morgan fingerprint density at radius 3 is 2.72 bits per heavy atom. The molecule has 1 heterocycles. The third kappa shape index (κ3) is 4.15. The zero-order valence-electron chi connectivity index (χ0n) is 14.1. The number of ether oxygens (including phenoxy) is 1. The highest BCUT2D eigenvalue weighted by atomic mass is 16.5. The van der Waals surface area contributed by atoms with Gasteiger partial charge in [-0.2, -0.15) is 0 Å². The summed E-state index contributed by atoms with van der Waals surface area (Å²) in [6, 6.07) is 11.2. The lowest BCUT2D eigenvalue weighted by molar-refractivity contribution is -0.136. The number of aryl methyl sites for hydroxylation is 1. The van der Waals surface area contributed by atoms with Crippen molar-refractivity contribution in [2.75, 3.05) is 12.4 Å². The van der Waals surface area contributed by atoms with E-state index in [1.54, 1.807) is 12.1 Å². The monoisotopic (exact) mass is 339 g/mol. The largest absolute Gasteiger partial charge is 0.481 e. The maximum absolute atomic E-state index is 12.3. The Bertz CT molecular complexity index is 759. The first-order valence-electron chi connectivity index (χ1n) is 8.37. The van der Waals surface area contributed by atoms with E-state index in [9.17, 15) is 9.59 Å². The Morgan fingerprint density at radius 1 is 1.12 bits per heavy atom. The standard InChI is InChI=1S/C19H21N3O3/c1-25-17-11-10-14(12-20-17)21-18(23)19(24)22-16-9-5-3-7-13-6-2-4-8-15(13)16/h2,4,6,8,10-12,16H,3,5,7,9H2,1H3,(H,21,23)(H,22,24)/t16-/m1/s1. The van der Waals surface area contributed by atoms with E-state index in [1.807, 2.05) is 18.2 Å². The van der Waals surface area contributed by atoms with Gasteiger partial charge in [-0.15, -0.1) is 0 Å². The molecule has 0 bridgehead atoms. The van der Waals surface area contributed by atoms with Crippen LogP contribution in [0.5, 0.6) is 5.88 Å². The van der Waals surface area contributed by atoms with E-state index in [4.69, 9.17) is 4.74 Å². The van der Waals surface area contributed by atoms with Gasteiger partial charge in [-0.3, -0.25) is 9.59 Å². The first-order valence-corrected chi connectivity index (χ1v) is 8.37. The molecule has 0 unspecified atom stereocenters. The molecule has 0 saturated heterocycles. The number of rotatable bonds is 3. The number of nitrogens with zero attached hydrogens (tertiary/aromatic N) is 1. The Balaban J connectivity index is 1.65. The van der Waals surface area contributed by atoms with E-state index < -0.39 is 11.8 Å². The molecular weight excluding hydrogens is 318 g/mol. The molecule has 6 heteroatoms. The lowest BCUT2D eigenvalue weighted by atomic mass is 9.99. The summed E-state index contributed by atoms with van der Waals surface area (Å²) in [6.07, 6.45) is 5.40. The Labute approximate surface area is 146 Å². The van der Waals surface area contributed by atoms with Gasteiger partial charge < -0.3 is 15.4 Å². The number of carbonyl (C=O) groups excluding carboxylic acids is 2. The molecule has 1 atom stereocenters. The summed E-state index contributed by atoms with van der Waals surface area (Å²) in [6.45, 7) is 0. The van der Waals surface area contributed by atoms with Crippen molar-refractivity contribution in [1.29, 1.82) is 0 Å². The molecule has 2 N–H and O–H groups in total. The molecule has 0 aliphatic heterocycles. The van der Waals surface area contributed by atoms with Crippen molar-refractivity contribution in [1.82, 2.24) is 10.3 Å². The zero-order chi connectivity index (χ0) is 17.6. The predicted octanol–water partition coefficient (Wildman–Crippen LogP) is 2.61. The number of fused-ring (bicyclic) bond motifs is 1. The molecule has 2 aromatic rings. The van der Waals surface area contributed by atoms with Crippen molar-refractivity contribution in [2.24, 2.45) is 0 Å². The molecule has 1 aliphatic carbocycles. The van der Waals surface area contributed by atoms with Crippen LogP contribution in [0.4, 0.5) is 5.69 Å². The summed E-state index contributed by atoms with van der Waals surface area (Å²) in [5.41, 5.74) is 2.79. The molecule has 2 amide bonds. The number of pyridine rings is 1. The van der Waals surface area contributed by atoms with Crippen LogP contribution >= 0.6 is 0 Å². The van der Waals surface area contributed by atoms with Crippen molar-refractivity contribution < 1.29 is 14.3 Å². The van der Waals surface area contributed by atoms with E-state index >= 15 is 0 Å². The number of methoxy groups -OCH3 is 1. The van der Waals surface area contributed by atoms with Gasteiger partial charge in [0.25, 0.3) is 0 Å². The number of nitrogens with one attached hydrogen (secondary N) is 2. The summed E-state index contributed by atoms with van der Waals surface area (Å²) in [4.78, 5) is 28.4. The molecule has 6 nitrogen and oxygen atoms in total. The van der Waals surface area contributed by atoms with Gasteiger partial charge in [0, 0.05) is 6.07 Å². The first kappa shape index (κ1) is 17.0. The van der Waals surface area contributed by atoms with Crippen LogP contribution < -0.4 is 15.4 Å². The van der Waals surface area contributed by atoms with E-state index in [-0.39, 0.29) is 6.04 Å². The van der Waals surface area contributed by atoms with Gasteiger partial charge in [-0.25, -0.2) is 4.98 Å². The minimum absolute atomic E-state index is 0.133. The Morgan fingerprint density at radius 2 is 1.96 bits per heavy atom. The SMILES string of the molecule is COc1ccc(NC(=O)C(=O)N[C@@H]2CCCCc3ccccc32)cn1. The Kier molecular flexibility index (Phi) is 5.28. The lowest BCUT2D eigenvalue weighted by Gasteiger charge is -2.19. The summed E-state index contributed by atoms with van der Waals surface area (Å²) in [7, 11) is 1.51. The molecule has 1 aromatic carbocycles. The summed E-state index contributed by atoms with van der Waals surface area (Å²) < 4.78 is 4.96. The quantitative estimate of drug-likeness (QED) is 0.665. The smallest absolute Gasteiger partial charge is 0.313 e. The number of hydrogen-bond donors (Lipinski definition) is 2. The summed E-state index contributed by atoms with van der Waals surface area (Å²) >= 11 is 0. The average molecular weight is 339 g/mol. The third-order valence-corrected chi connectivity index (χ3v) is 4.33. The fraction of sp³-hybridized carbons (Fsp3) is 0.316. The molecule has 130 valence electrons. The maximum atomic E-state index is 12.3. The number of hydrogen-bond acceptors (Lipinski definition) is 4. The fourth-order valence-electron chi connectivity index (χ4n) is 3.06. The summed E-state index contributed by atoms with van der Waals surface area (Å²) in [5.74, 6) is -0.899. The van der Waals surface area contributed by atoms with Gasteiger partial charge >= 0.3 is 11.8 Å². The van der Waals surface area contributed by atoms with Gasteiger partial charge in [0.15, 0.2) is 0 Å². The van der Waals surface area contributed by atoms with Crippen molar-refractivity contribution >= 4 is 17.5 Å². The minimum Gasteiger partial charge on any atom is -0.481 e. The topological polar surface area (TPSA) is 80.3 Å². The molecule has 0 saturated carbocycles. The van der Waals surface area contributed by atoms with Crippen LogP contribution in [0, 0.1) is 0 Å². The normalized spacial score (nSPS) is 16.3. The van der Waals surface area contributed by atoms with Gasteiger partial charge in [0.1, 0.15) is 0 Å². The van der Waals surface area contributed by atoms with Crippen LogP contribution in [0.3, 0.4) is 0 Å². The van der Waals surface area contributed by atoms with Crippen LogP contribution in [0.25, 0.3) is 0 Å². The lowest BCUT2D eigenvalue weighted by Crippen LogP contribution is -2.37. The molecule has 0 fully saturated rings. The highest BCUT2D eigenvalue weighted by Gasteiger charge is 2.23. The van der Waals surface area contributed by atoms with Crippen LogP contribution in [-0.4, -0.2) is 23.9 Å². The Hall–Kier alpha value is -2.89. The highest BCUT2D eigenvalue weighted by molar-refractivity contribution is 6.39. The van der Waals surface area contributed by atoms with Crippen LogP contribution in [0.15, 0.2) is 42.6 Å². The summed E-state index contributed by atoms with van der Waals surface area (Å²) in [5, 5.41) is 5.41. The van der Waals surface area contributed by atoms with Crippen molar-refractivity contribution in [2.45, 2.75) is 31.7 Å². The van der Waals surface area contributed by atoms with Crippen LogP contribution in [-0.2, 0) is 16.0 Å².